The lowest BCUT2D eigenvalue weighted by molar-refractivity contribution is -0.438. The number of rotatable bonds is 5. The molecule has 9 heteroatoms. The van der Waals surface area contributed by atoms with Crippen LogP contribution >= 0.6 is 0 Å². The minimum Gasteiger partial charge on any atom is -0.286 e. The Kier molecular flexibility index (Phi) is 4.44. The lowest BCUT2D eigenvalue weighted by Gasteiger charge is -2.15. The summed E-state index contributed by atoms with van der Waals surface area (Å²) in [6, 6.07) is 4.36. The van der Waals surface area contributed by atoms with Gasteiger partial charge in [-0.05, 0) is 26.0 Å². The first-order valence-electron chi connectivity index (χ1n) is 7.03. The van der Waals surface area contributed by atoms with Crippen molar-refractivity contribution in [3.63, 3.8) is 0 Å². The molecule has 0 fully saturated rings. The van der Waals surface area contributed by atoms with Crippen molar-refractivity contribution in [3.05, 3.63) is 23.8 Å². The maximum atomic E-state index is 11.3. The van der Waals surface area contributed by atoms with Crippen LogP contribution in [0.25, 0.3) is 0 Å². The molecule has 1 aliphatic heterocycles. The first-order chi connectivity index (χ1) is 10.3. The number of nitrogens with zero attached hydrogens (tertiary/aromatic N) is 1. The van der Waals surface area contributed by atoms with Gasteiger partial charge in [-0.2, -0.15) is 21.4 Å². The molecule has 1 aliphatic rings. The van der Waals surface area contributed by atoms with Crippen molar-refractivity contribution in [2.75, 3.05) is 12.3 Å². The van der Waals surface area contributed by atoms with Crippen molar-refractivity contribution in [1.29, 1.82) is 0 Å². The van der Waals surface area contributed by atoms with E-state index in [1.54, 1.807) is 6.07 Å². The number of hydrogen-bond donors (Lipinski definition) is 2. The molecule has 1 aromatic rings. The van der Waals surface area contributed by atoms with Gasteiger partial charge >= 0.3 is 0 Å². The monoisotopic (exact) mass is 362 g/mol. The van der Waals surface area contributed by atoms with Crippen LogP contribution in [-0.4, -0.2) is 48.5 Å². The fourth-order valence-corrected chi connectivity index (χ4v) is 3.82. The van der Waals surface area contributed by atoms with Crippen LogP contribution in [0.2, 0.25) is 0 Å². The third kappa shape index (κ3) is 3.63. The Morgan fingerprint density at radius 3 is 2.26 bits per heavy atom. The maximum absolute atomic E-state index is 11.3. The standard InChI is InChI=1S/C14H19NO6S2/c1-10-14(2,3)12-9-11(23(19,20)21)5-6-13(12)15(10)7-4-8-22(16,17)18/h5-6,9H,4,7-8H2,1-3H3,(H-,16,17,18,19,20,21)/p+1. The zero-order valence-corrected chi connectivity index (χ0v) is 14.8. The largest absolute Gasteiger partial charge is 0.294 e. The second kappa shape index (κ2) is 5.66. The Morgan fingerprint density at radius 2 is 1.74 bits per heavy atom. The van der Waals surface area contributed by atoms with Gasteiger partial charge in [0, 0.05) is 25.0 Å². The fourth-order valence-electron chi connectivity index (χ4n) is 2.82. The highest BCUT2D eigenvalue weighted by atomic mass is 32.2. The second-order valence-electron chi connectivity index (χ2n) is 6.16. The van der Waals surface area contributed by atoms with E-state index in [0.29, 0.717) is 6.54 Å². The molecule has 0 atom stereocenters. The van der Waals surface area contributed by atoms with Gasteiger partial charge in [0.2, 0.25) is 5.69 Å². The molecule has 0 saturated carbocycles. The first kappa shape index (κ1) is 18.1. The Hall–Kier alpha value is -1.29. The molecule has 0 spiro atoms. The normalized spacial score (nSPS) is 17.4. The summed E-state index contributed by atoms with van der Waals surface area (Å²) in [5.74, 6) is -0.338. The van der Waals surface area contributed by atoms with Crippen molar-refractivity contribution in [1.82, 2.24) is 0 Å². The second-order valence-corrected chi connectivity index (χ2v) is 9.15. The van der Waals surface area contributed by atoms with Gasteiger partial charge in [0.1, 0.15) is 6.54 Å². The summed E-state index contributed by atoms with van der Waals surface area (Å²) < 4.78 is 64.3. The molecule has 0 amide bonds. The molecule has 0 saturated heterocycles. The number of hydrogen-bond acceptors (Lipinski definition) is 4. The summed E-state index contributed by atoms with van der Waals surface area (Å²) in [7, 11) is -8.30. The molecule has 0 aromatic heterocycles. The predicted molar refractivity (Wildman–Crippen MR) is 85.8 cm³/mol. The third-order valence-electron chi connectivity index (χ3n) is 4.32. The van der Waals surface area contributed by atoms with Crippen molar-refractivity contribution in [2.45, 2.75) is 37.5 Å². The van der Waals surface area contributed by atoms with Gasteiger partial charge in [0.05, 0.1) is 16.1 Å². The van der Waals surface area contributed by atoms with Crippen molar-refractivity contribution < 1.29 is 30.5 Å². The highest BCUT2D eigenvalue weighted by molar-refractivity contribution is 7.86. The minimum absolute atomic E-state index is 0.170. The van der Waals surface area contributed by atoms with E-state index in [0.717, 1.165) is 17.0 Å². The van der Waals surface area contributed by atoms with Gasteiger partial charge in [-0.3, -0.25) is 9.11 Å². The summed E-state index contributed by atoms with van der Waals surface area (Å²) >= 11 is 0. The Labute approximate surface area is 136 Å². The lowest BCUT2D eigenvalue weighted by atomic mass is 9.82. The van der Waals surface area contributed by atoms with Crippen LogP contribution in [0.15, 0.2) is 23.1 Å². The molecule has 2 N–H and O–H groups in total. The van der Waals surface area contributed by atoms with Gasteiger partial charge in [0.25, 0.3) is 20.2 Å². The van der Waals surface area contributed by atoms with Crippen LogP contribution in [0.1, 0.15) is 32.8 Å². The minimum atomic E-state index is -4.29. The third-order valence-corrected chi connectivity index (χ3v) is 5.98. The van der Waals surface area contributed by atoms with E-state index >= 15 is 0 Å². The van der Waals surface area contributed by atoms with Crippen LogP contribution in [0.3, 0.4) is 0 Å². The Bertz CT molecular complexity index is 882. The smallest absolute Gasteiger partial charge is 0.286 e. The van der Waals surface area contributed by atoms with Gasteiger partial charge < -0.3 is 0 Å². The molecular weight excluding hydrogens is 342 g/mol. The zero-order valence-electron chi connectivity index (χ0n) is 13.1. The molecule has 2 rings (SSSR count). The van der Waals surface area contributed by atoms with Crippen LogP contribution in [0.5, 0.6) is 0 Å². The van der Waals surface area contributed by atoms with Crippen molar-refractivity contribution in [3.8, 4) is 0 Å². The van der Waals surface area contributed by atoms with Gasteiger partial charge in [-0.25, -0.2) is 0 Å². The molecule has 1 heterocycles. The summed E-state index contributed by atoms with van der Waals surface area (Å²) in [6.07, 6.45) is 0.242. The molecule has 0 aliphatic carbocycles. The van der Waals surface area contributed by atoms with Crippen molar-refractivity contribution >= 4 is 31.6 Å². The molecule has 0 bridgehead atoms. The van der Waals surface area contributed by atoms with E-state index in [2.05, 4.69) is 0 Å². The molecule has 1 aromatic carbocycles. The molecule has 0 radical (unpaired) electrons. The molecule has 0 unspecified atom stereocenters. The average Bonchev–Trinajstić information content (AvgIpc) is 2.57. The average molecular weight is 362 g/mol. The SMILES string of the molecule is CC1=[N+](CCCS(=O)(=O)O)c2ccc(S(=O)(=O)O)cc2C1(C)C. The van der Waals surface area contributed by atoms with Gasteiger partial charge in [-0.1, -0.05) is 0 Å². The highest BCUT2D eigenvalue weighted by Crippen LogP contribution is 2.40. The van der Waals surface area contributed by atoms with Crippen LogP contribution in [-0.2, 0) is 25.7 Å². The van der Waals surface area contributed by atoms with E-state index in [1.807, 2.05) is 25.3 Å². The van der Waals surface area contributed by atoms with E-state index in [1.165, 1.54) is 12.1 Å². The highest BCUT2D eigenvalue weighted by Gasteiger charge is 2.43. The first-order valence-corrected chi connectivity index (χ1v) is 10.1. The van der Waals surface area contributed by atoms with E-state index < -0.39 is 25.7 Å². The van der Waals surface area contributed by atoms with E-state index in [9.17, 15) is 21.4 Å². The molecule has 128 valence electrons. The molecular formula is C14H20NO6S2+. The van der Waals surface area contributed by atoms with Gasteiger partial charge in [-0.15, -0.1) is 0 Å². The van der Waals surface area contributed by atoms with E-state index in [-0.39, 0.29) is 17.1 Å². The van der Waals surface area contributed by atoms with Crippen LogP contribution < -0.4 is 0 Å². The quantitative estimate of drug-likeness (QED) is 0.608. The van der Waals surface area contributed by atoms with Crippen molar-refractivity contribution in [2.24, 2.45) is 0 Å². The fraction of sp³-hybridized carbons (Fsp3) is 0.500. The summed E-state index contributed by atoms with van der Waals surface area (Å²) in [5.41, 5.74) is 2.01. The molecule has 7 nitrogen and oxygen atoms in total. The number of benzene rings is 1. The lowest BCUT2D eigenvalue weighted by Crippen LogP contribution is -2.27. The Morgan fingerprint density at radius 1 is 1.13 bits per heavy atom. The summed E-state index contributed by atoms with van der Waals surface area (Å²) in [5, 5.41) is 0. The zero-order chi connectivity index (χ0) is 17.6. The summed E-state index contributed by atoms with van der Waals surface area (Å²) in [4.78, 5) is -0.170. The van der Waals surface area contributed by atoms with Crippen LogP contribution in [0.4, 0.5) is 5.69 Å². The summed E-state index contributed by atoms with van der Waals surface area (Å²) in [6.45, 7) is 6.13. The van der Waals surface area contributed by atoms with E-state index in [4.69, 9.17) is 4.55 Å². The molecule has 23 heavy (non-hydrogen) atoms. The van der Waals surface area contributed by atoms with Crippen LogP contribution in [0, 0.1) is 0 Å². The Balaban J connectivity index is 2.42. The predicted octanol–water partition coefficient (Wildman–Crippen LogP) is 1.61. The number of fused-ring (bicyclic) bond motifs is 1. The topological polar surface area (TPSA) is 112 Å². The maximum Gasteiger partial charge on any atom is 0.294 e. The van der Waals surface area contributed by atoms with Gasteiger partial charge in [0.15, 0.2) is 5.71 Å².